The van der Waals surface area contributed by atoms with Crippen LogP contribution in [-0.2, 0) is 19.1 Å². The van der Waals surface area contributed by atoms with E-state index < -0.39 is 11.7 Å². The fraction of sp³-hybridized carbons (Fsp3) is 0.333. The SMILES string of the molecule is Cc1cc(N2CCc3cc(C(F)(F)F)ccc3C2)cc(C)c1N. The first kappa shape index (κ1) is 15.7. The molecule has 1 aliphatic rings. The molecule has 23 heavy (non-hydrogen) atoms. The lowest BCUT2D eigenvalue weighted by molar-refractivity contribution is -0.137. The molecule has 5 heteroatoms. The van der Waals surface area contributed by atoms with Crippen molar-refractivity contribution >= 4 is 11.4 Å². The van der Waals surface area contributed by atoms with Crippen LogP contribution in [0.5, 0.6) is 0 Å². The first-order valence-electron chi connectivity index (χ1n) is 7.56. The van der Waals surface area contributed by atoms with Crippen molar-refractivity contribution in [3.63, 3.8) is 0 Å². The Morgan fingerprint density at radius 3 is 2.26 bits per heavy atom. The zero-order valence-corrected chi connectivity index (χ0v) is 13.2. The number of benzene rings is 2. The maximum absolute atomic E-state index is 12.8. The number of hydrogen-bond donors (Lipinski definition) is 1. The van der Waals surface area contributed by atoms with Gasteiger partial charge >= 0.3 is 6.18 Å². The van der Waals surface area contributed by atoms with Crippen LogP contribution in [0.3, 0.4) is 0 Å². The lowest BCUT2D eigenvalue weighted by atomic mass is 9.96. The fourth-order valence-electron chi connectivity index (χ4n) is 3.08. The highest BCUT2D eigenvalue weighted by Gasteiger charge is 2.31. The minimum absolute atomic E-state index is 0.566. The van der Waals surface area contributed by atoms with E-state index >= 15 is 0 Å². The van der Waals surface area contributed by atoms with E-state index in [1.165, 1.54) is 12.1 Å². The lowest BCUT2D eigenvalue weighted by Gasteiger charge is -2.32. The van der Waals surface area contributed by atoms with Crippen LogP contribution in [0.4, 0.5) is 24.5 Å². The quantitative estimate of drug-likeness (QED) is 0.786. The molecule has 0 aromatic heterocycles. The van der Waals surface area contributed by atoms with Gasteiger partial charge in [-0.2, -0.15) is 13.2 Å². The summed E-state index contributed by atoms with van der Waals surface area (Å²) < 4.78 is 38.4. The number of nitrogens with zero attached hydrogens (tertiary/aromatic N) is 1. The third-order valence-electron chi connectivity index (χ3n) is 4.49. The van der Waals surface area contributed by atoms with E-state index in [9.17, 15) is 13.2 Å². The molecule has 2 N–H and O–H groups in total. The van der Waals surface area contributed by atoms with Crippen molar-refractivity contribution in [1.29, 1.82) is 0 Å². The molecule has 0 atom stereocenters. The van der Waals surface area contributed by atoms with E-state index in [1.54, 1.807) is 6.07 Å². The number of fused-ring (bicyclic) bond motifs is 1. The number of halogens is 3. The van der Waals surface area contributed by atoms with Gasteiger partial charge < -0.3 is 10.6 Å². The molecule has 0 spiro atoms. The standard InChI is InChI=1S/C18H19F3N2/c1-11-7-16(8-12(2)17(11)22)23-6-5-13-9-15(18(19,20)21)4-3-14(13)10-23/h3-4,7-9H,5-6,10,22H2,1-2H3. The van der Waals surface area contributed by atoms with Gasteiger partial charge in [-0.15, -0.1) is 0 Å². The molecule has 2 nitrogen and oxygen atoms in total. The zero-order valence-electron chi connectivity index (χ0n) is 13.2. The van der Waals surface area contributed by atoms with Gasteiger partial charge in [0, 0.05) is 24.5 Å². The third kappa shape index (κ3) is 3.00. The Morgan fingerprint density at radius 1 is 1.00 bits per heavy atom. The van der Waals surface area contributed by atoms with Crippen molar-refractivity contribution in [2.75, 3.05) is 17.2 Å². The predicted molar refractivity (Wildman–Crippen MR) is 86.5 cm³/mol. The molecule has 0 unspecified atom stereocenters. The second-order valence-electron chi connectivity index (χ2n) is 6.15. The van der Waals surface area contributed by atoms with Gasteiger partial charge in [0.1, 0.15) is 0 Å². The maximum Gasteiger partial charge on any atom is 0.416 e. The second-order valence-corrected chi connectivity index (χ2v) is 6.15. The van der Waals surface area contributed by atoms with E-state index in [1.807, 2.05) is 26.0 Å². The molecule has 2 aromatic carbocycles. The summed E-state index contributed by atoms with van der Waals surface area (Å²) in [4.78, 5) is 2.19. The molecule has 1 aliphatic heterocycles. The molecule has 2 aromatic rings. The molecular formula is C18H19F3N2. The summed E-state index contributed by atoms with van der Waals surface area (Å²) >= 11 is 0. The van der Waals surface area contributed by atoms with Gasteiger partial charge in [0.15, 0.2) is 0 Å². The molecule has 0 radical (unpaired) electrons. The van der Waals surface area contributed by atoms with Gasteiger partial charge in [-0.05, 0) is 66.8 Å². The van der Waals surface area contributed by atoms with E-state index in [0.717, 1.165) is 33.6 Å². The molecule has 0 saturated heterocycles. The smallest absolute Gasteiger partial charge is 0.398 e. The average Bonchev–Trinajstić information content (AvgIpc) is 2.50. The summed E-state index contributed by atoms with van der Waals surface area (Å²) in [7, 11) is 0. The molecule has 0 fully saturated rings. The van der Waals surface area contributed by atoms with Gasteiger partial charge in [-0.25, -0.2) is 0 Å². The highest BCUT2D eigenvalue weighted by atomic mass is 19.4. The summed E-state index contributed by atoms with van der Waals surface area (Å²) in [5.74, 6) is 0. The minimum Gasteiger partial charge on any atom is -0.398 e. The van der Waals surface area contributed by atoms with Gasteiger partial charge in [0.25, 0.3) is 0 Å². The van der Waals surface area contributed by atoms with Gasteiger partial charge in [0.2, 0.25) is 0 Å². The number of nitrogen functional groups attached to an aromatic ring is 1. The van der Waals surface area contributed by atoms with Crippen LogP contribution in [0.1, 0.15) is 27.8 Å². The molecule has 0 amide bonds. The molecule has 3 rings (SSSR count). The van der Waals surface area contributed by atoms with Gasteiger partial charge in [0.05, 0.1) is 5.56 Å². The van der Waals surface area contributed by atoms with Gasteiger partial charge in [-0.3, -0.25) is 0 Å². The van der Waals surface area contributed by atoms with Crippen LogP contribution in [0, 0.1) is 13.8 Å². The zero-order chi connectivity index (χ0) is 16.8. The first-order chi connectivity index (χ1) is 10.8. The Labute approximate surface area is 133 Å². The molecular weight excluding hydrogens is 301 g/mol. The first-order valence-corrected chi connectivity index (χ1v) is 7.56. The highest BCUT2D eigenvalue weighted by Crippen LogP contribution is 2.33. The molecule has 1 heterocycles. The lowest BCUT2D eigenvalue weighted by Crippen LogP contribution is -2.30. The molecule has 0 bridgehead atoms. The van der Waals surface area contributed by atoms with E-state index in [4.69, 9.17) is 5.73 Å². The maximum atomic E-state index is 12.8. The topological polar surface area (TPSA) is 29.3 Å². The number of aryl methyl sites for hydroxylation is 2. The number of rotatable bonds is 1. The number of hydrogen-bond acceptors (Lipinski definition) is 2. The van der Waals surface area contributed by atoms with Gasteiger partial charge in [-0.1, -0.05) is 6.07 Å². The summed E-state index contributed by atoms with van der Waals surface area (Å²) in [6, 6.07) is 8.13. The molecule has 0 aliphatic carbocycles. The molecule has 122 valence electrons. The van der Waals surface area contributed by atoms with Crippen LogP contribution >= 0.6 is 0 Å². The van der Waals surface area contributed by atoms with Crippen LogP contribution < -0.4 is 10.6 Å². The van der Waals surface area contributed by atoms with Crippen LogP contribution in [0.2, 0.25) is 0 Å². The Hall–Kier alpha value is -2.17. The largest absolute Gasteiger partial charge is 0.416 e. The molecule has 0 saturated carbocycles. The van der Waals surface area contributed by atoms with Crippen LogP contribution in [0.25, 0.3) is 0 Å². The Balaban J connectivity index is 1.89. The van der Waals surface area contributed by atoms with E-state index in [-0.39, 0.29) is 0 Å². The van der Waals surface area contributed by atoms with Crippen LogP contribution in [-0.4, -0.2) is 6.54 Å². The number of anilines is 2. The van der Waals surface area contributed by atoms with Crippen molar-refractivity contribution in [2.45, 2.75) is 33.0 Å². The summed E-state index contributed by atoms with van der Waals surface area (Å²) in [5, 5.41) is 0. The average molecular weight is 320 g/mol. The van der Waals surface area contributed by atoms with Crippen molar-refractivity contribution in [1.82, 2.24) is 0 Å². The number of nitrogens with two attached hydrogens (primary N) is 1. The summed E-state index contributed by atoms with van der Waals surface area (Å²) in [5.41, 5.74) is 11.1. The van der Waals surface area contributed by atoms with E-state index in [2.05, 4.69) is 4.90 Å². The Kier molecular flexibility index (Phi) is 3.74. The Morgan fingerprint density at radius 2 is 1.65 bits per heavy atom. The van der Waals surface area contributed by atoms with Crippen molar-refractivity contribution < 1.29 is 13.2 Å². The van der Waals surface area contributed by atoms with Crippen molar-refractivity contribution in [3.8, 4) is 0 Å². The monoisotopic (exact) mass is 320 g/mol. The predicted octanol–water partition coefficient (Wildman–Crippen LogP) is 4.47. The van der Waals surface area contributed by atoms with Crippen LogP contribution in [0.15, 0.2) is 30.3 Å². The highest BCUT2D eigenvalue weighted by molar-refractivity contribution is 5.63. The fourth-order valence-corrected chi connectivity index (χ4v) is 3.08. The summed E-state index contributed by atoms with van der Waals surface area (Å²) in [6.07, 6.45) is -3.67. The van der Waals surface area contributed by atoms with E-state index in [0.29, 0.717) is 19.5 Å². The summed E-state index contributed by atoms with van der Waals surface area (Å²) in [6.45, 7) is 5.27. The number of alkyl halides is 3. The van der Waals surface area contributed by atoms with Crippen molar-refractivity contribution in [2.24, 2.45) is 0 Å². The minimum atomic E-state index is -4.28. The Bertz CT molecular complexity index is 727. The second kappa shape index (κ2) is 5.48. The van der Waals surface area contributed by atoms with Crippen molar-refractivity contribution in [3.05, 3.63) is 58.1 Å². The normalized spacial score (nSPS) is 14.7. The third-order valence-corrected chi connectivity index (χ3v) is 4.49.